The van der Waals surface area contributed by atoms with Gasteiger partial charge >= 0.3 is 6.02 Å². The number of nitrogens with zero attached hydrogens (tertiary/aromatic N) is 3. The van der Waals surface area contributed by atoms with Gasteiger partial charge in [0.25, 0.3) is 5.91 Å². The van der Waals surface area contributed by atoms with E-state index in [9.17, 15) is 4.79 Å². The van der Waals surface area contributed by atoms with Gasteiger partial charge in [0.15, 0.2) is 5.76 Å². The molecule has 1 saturated heterocycles. The van der Waals surface area contributed by atoms with Crippen LogP contribution in [0.5, 0.6) is 11.5 Å². The molecule has 2 aliphatic rings. The molecule has 1 heterocycles. The Morgan fingerprint density at radius 2 is 1.36 bits per heavy atom. The van der Waals surface area contributed by atoms with Crippen molar-refractivity contribution < 1.29 is 19.0 Å². The Hall–Kier alpha value is -4.26. The van der Waals surface area contributed by atoms with Gasteiger partial charge in [0, 0.05) is 23.6 Å². The molecule has 5 rings (SSSR count). The maximum atomic E-state index is 13.1. The van der Waals surface area contributed by atoms with Gasteiger partial charge in [0.05, 0.1) is 20.3 Å². The van der Waals surface area contributed by atoms with E-state index in [1.807, 2.05) is 79.7 Å². The summed E-state index contributed by atoms with van der Waals surface area (Å²) in [4.78, 5) is 21.6. The number of amidine groups is 1. The van der Waals surface area contributed by atoms with E-state index in [1.165, 1.54) is 19.3 Å². The summed E-state index contributed by atoms with van der Waals surface area (Å²) < 4.78 is 16.7. The summed E-state index contributed by atoms with van der Waals surface area (Å²) in [5.74, 6) is 1.75. The maximum Gasteiger partial charge on any atom is 0.300 e. The summed E-state index contributed by atoms with van der Waals surface area (Å²) in [5.41, 5.74) is 3.83. The molecule has 7 heteroatoms. The molecule has 3 aromatic carbocycles. The first-order valence-electron chi connectivity index (χ1n) is 13.6. The van der Waals surface area contributed by atoms with Gasteiger partial charge in [-0.05, 0) is 92.1 Å². The number of benzene rings is 3. The van der Waals surface area contributed by atoms with Crippen LogP contribution in [0.4, 0.5) is 17.1 Å². The number of anilines is 3. The van der Waals surface area contributed by atoms with E-state index >= 15 is 0 Å². The first-order valence-corrected chi connectivity index (χ1v) is 13.6. The second-order valence-electron chi connectivity index (χ2n) is 9.69. The number of ether oxygens (including phenoxy) is 3. The van der Waals surface area contributed by atoms with Crippen LogP contribution >= 0.6 is 0 Å². The minimum absolute atomic E-state index is 0.144. The molecule has 0 spiro atoms. The zero-order valence-corrected chi connectivity index (χ0v) is 22.8. The molecule has 1 amide bonds. The Labute approximate surface area is 230 Å². The lowest BCUT2D eigenvalue weighted by Gasteiger charge is -2.26. The van der Waals surface area contributed by atoms with Gasteiger partial charge in [-0.2, -0.15) is 0 Å². The molecule has 2 fully saturated rings. The smallest absolute Gasteiger partial charge is 0.300 e. The molecule has 0 radical (unpaired) electrons. The number of carbonyl (C=O) groups is 1. The Morgan fingerprint density at radius 3 is 1.85 bits per heavy atom. The van der Waals surface area contributed by atoms with Crippen LogP contribution in [0, 0.1) is 0 Å². The second kappa shape index (κ2) is 12.1. The summed E-state index contributed by atoms with van der Waals surface area (Å²) in [6.45, 7) is 2.47. The zero-order chi connectivity index (χ0) is 27.2. The first-order chi connectivity index (χ1) is 19.1. The normalized spacial score (nSPS) is 17.9. The molecule has 3 aromatic rings. The zero-order valence-electron chi connectivity index (χ0n) is 22.8. The van der Waals surface area contributed by atoms with Crippen molar-refractivity contribution in [2.45, 2.75) is 45.1 Å². The van der Waals surface area contributed by atoms with Crippen molar-refractivity contribution in [3.63, 3.8) is 0 Å². The standard InChI is InChI=1S/C32H35N3O4/c1-4-34-31(36)30(39-32(34)33-24-8-6-5-7-9-24)22-23-10-12-25(13-11-23)35(26-14-18-28(37-2)19-15-26)27-16-20-29(38-3)21-17-27/h10-22,24H,4-9H2,1-3H3. The highest BCUT2D eigenvalue weighted by molar-refractivity contribution is 6.11. The van der Waals surface area contributed by atoms with Gasteiger partial charge in [0.2, 0.25) is 0 Å². The van der Waals surface area contributed by atoms with Gasteiger partial charge < -0.3 is 19.1 Å². The number of hydrogen-bond acceptors (Lipinski definition) is 6. The molecule has 0 bridgehead atoms. The highest BCUT2D eigenvalue weighted by Crippen LogP contribution is 2.36. The van der Waals surface area contributed by atoms with Gasteiger partial charge in [0.1, 0.15) is 11.5 Å². The number of amides is 1. The Bertz CT molecular complexity index is 1280. The van der Waals surface area contributed by atoms with Crippen molar-refractivity contribution in [1.82, 2.24) is 4.90 Å². The SMILES string of the molecule is CCN1C(=O)C(=Cc2ccc(N(c3ccc(OC)cc3)c3ccc(OC)cc3)cc2)OC1=NC1CCCCC1. The third-order valence-corrected chi connectivity index (χ3v) is 7.18. The van der Waals surface area contributed by atoms with Gasteiger partial charge in [-0.1, -0.05) is 31.4 Å². The second-order valence-corrected chi connectivity index (χ2v) is 9.69. The van der Waals surface area contributed by atoms with Crippen molar-refractivity contribution in [2.24, 2.45) is 4.99 Å². The van der Waals surface area contributed by atoms with Crippen molar-refractivity contribution in [3.05, 3.63) is 84.1 Å². The molecule has 1 aliphatic heterocycles. The number of carbonyl (C=O) groups excluding carboxylic acids is 1. The molecular weight excluding hydrogens is 490 g/mol. The van der Waals surface area contributed by atoms with Crippen molar-refractivity contribution in [3.8, 4) is 11.5 Å². The predicted octanol–water partition coefficient (Wildman–Crippen LogP) is 7.08. The molecule has 0 aromatic heterocycles. The Kier molecular flexibility index (Phi) is 8.16. The van der Waals surface area contributed by atoms with Crippen LogP contribution in [0.1, 0.15) is 44.6 Å². The lowest BCUT2D eigenvalue weighted by atomic mass is 9.96. The molecule has 202 valence electrons. The average Bonchev–Trinajstić information content (AvgIpc) is 3.28. The first kappa shape index (κ1) is 26.4. The van der Waals surface area contributed by atoms with Crippen LogP contribution in [0.15, 0.2) is 83.5 Å². The largest absolute Gasteiger partial charge is 0.497 e. The van der Waals surface area contributed by atoms with E-state index in [1.54, 1.807) is 25.2 Å². The fourth-order valence-corrected chi connectivity index (χ4v) is 5.03. The van der Waals surface area contributed by atoms with Crippen LogP contribution in [-0.2, 0) is 9.53 Å². The lowest BCUT2D eigenvalue weighted by molar-refractivity contribution is -0.122. The number of rotatable bonds is 8. The molecule has 1 saturated carbocycles. The fourth-order valence-electron chi connectivity index (χ4n) is 5.03. The summed E-state index contributed by atoms with van der Waals surface area (Å²) in [5, 5.41) is 0. The minimum atomic E-state index is -0.144. The lowest BCUT2D eigenvalue weighted by Crippen LogP contribution is -2.30. The third-order valence-electron chi connectivity index (χ3n) is 7.18. The Balaban J connectivity index is 1.42. The van der Waals surface area contributed by atoms with Crippen LogP contribution < -0.4 is 14.4 Å². The minimum Gasteiger partial charge on any atom is -0.497 e. The highest BCUT2D eigenvalue weighted by Gasteiger charge is 2.34. The van der Waals surface area contributed by atoms with E-state index < -0.39 is 0 Å². The quantitative estimate of drug-likeness (QED) is 0.294. The molecule has 39 heavy (non-hydrogen) atoms. The molecular formula is C32H35N3O4. The highest BCUT2D eigenvalue weighted by atomic mass is 16.5. The topological polar surface area (TPSA) is 63.6 Å². The van der Waals surface area contributed by atoms with Crippen LogP contribution in [0.2, 0.25) is 0 Å². The van der Waals surface area contributed by atoms with E-state index in [-0.39, 0.29) is 11.9 Å². The number of hydrogen-bond donors (Lipinski definition) is 0. The van der Waals surface area contributed by atoms with E-state index in [0.29, 0.717) is 18.3 Å². The maximum absolute atomic E-state index is 13.1. The number of methoxy groups -OCH3 is 2. The Morgan fingerprint density at radius 1 is 0.846 bits per heavy atom. The summed E-state index contributed by atoms with van der Waals surface area (Å²) in [6.07, 6.45) is 7.52. The summed E-state index contributed by atoms with van der Waals surface area (Å²) >= 11 is 0. The van der Waals surface area contributed by atoms with E-state index in [2.05, 4.69) is 4.90 Å². The average molecular weight is 526 g/mol. The summed E-state index contributed by atoms with van der Waals surface area (Å²) in [7, 11) is 3.32. The molecule has 7 nitrogen and oxygen atoms in total. The summed E-state index contributed by atoms with van der Waals surface area (Å²) in [6, 6.07) is 24.6. The monoisotopic (exact) mass is 525 g/mol. The molecule has 0 N–H and O–H groups in total. The van der Waals surface area contributed by atoms with Crippen molar-refractivity contribution in [2.75, 3.05) is 25.7 Å². The van der Waals surface area contributed by atoms with Crippen LogP contribution in [-0.4, -0.2) is 43.6 Å². The molecule has 0 unspecified atom stereocenters. The van der Waals surface area contributed by atoms with Crippen molar-refractivity contribution in [1.29, 1.82) is 0 Å². The van der Waals surface area contributed by atoms with Crippen molar-refractivity contribution >= 4 is 35.1 Å². The number of likely N-dealkylation sites (N-methyl/N-ethyl adjacent to an activating group) is 1. The van der Waals surface area contributed by atoms with Gasteiger partial charge in [-0.3, -0.25) is 9.69 Å². The van der Waals surface area contributed by atoms with Crippen LogP contribution in [0.25, 0.3) is 6.08 Å². The fraction of sp³-hybridized carbons (Fsp3) is 0.312. The molecule has 1 aliphatic carbocycles. The number of aliphatic imine (C=N–C) groups is 1. The molecule has 0 atom stereocenters. The van der Waals surface area contributed by atoms with Crippen LogP contribution in [0.3, 0.4) is 0 Å². The predicted molar refractivity (Wildman–Crippen MR) is 155 cm³/mol. The third kappa shape index (κ3) is 5.93. The van der Waals surface area contributed by atoms with E-state index in [4.69, 9.17) is 19.2 Å². The van der Waals surface area contributed by atoms with Gasteiger partial charge in [-0.25, -0.2) is 4.99 Å². The van der Waals surface area contributed by atoms with Gasteiger partial charge in [-0.15, -0.1) is 0 Å². The van der Waals surface area contributed by atoms with E-state index in [0.717, 1.165) is 47.0 Å².